The molecule has 2 rings (SSSR count). The highest BCUT2D eigenvalue weighted by Gasteiger charge is 2.28. The van der Waals surface area contributed by atoms with Gasteiger partial charge >= 0.3 is 0 Å². The molecule has 5 heteroatoms. The number of carbonyl (C=O) groups is 1. The molecule has 0 spiro atoms. The van der Waals surface area contributed by atoms with E-state index in [4.69, 9.17) is 4.42 Å². The maximum absolute atomic E-state index is 11.5. The topological polar surface area (TPSA) is 46.3 Å². The molecule has 0 saturated carbocycles. The Hall–Kier alpha value is -0.970. The summed E-state index contributed by atoms with van der Waals surface area (Å²) in [4.78, 5) is 17.3. The number of hydrogen-bond donors (Lipinski definition) is 1. The zero-order valence-corrected chi connectivity index (χ0v) is 8.61. The number of carbonyl (C=O) groups excluding carboxylic acids is 1. The van der Waals surface area contributed by atoms with Gasteiger partial charge in [0.25, 0.3) is 0 Å². The smallest absolute Gasteiger partial charge is 0.223 e. The summed E-state index contributed by atoms with van der Waals surface area (Å²) < 4.78 is 4.85. The van der Waals surface area contributed by atoms with Gasteiger partial charge in [0, 0.05) is 13.0 Å². The fourth-order valence-corrected chi connectivity index (χ4v) is 1.88. The summed E-state index contributed by atoms with van der Waals surface area (Å²) in [7, 11) is 0. The van der Waals surface area contributed by atoms with Crippen LogP contribution in [0.4, 0.5) is 0 Å². The molecule has 1 aromatic heterocycles. The molecular weight excluding hydrogens is 200 g/mol. The predicted molar refractivity (Wildman–Crippen MR) is 53.9 cm³/mol. The van der Waals surface area contributed by atoms with Crippen molar-refractivity contribution in [2.75, 3.05) is 12.3 Å². The third-order valence-electron chi connectivity index (χ3n) is 2.39. The minimum Gasteiger partial charge on any atom is -0.451 e. The van der Waals surface area contributed by atoms with Crippen LogP contribution in [0, 0.1) is 5.92 Å². The highest BCUT2D eigenvalue weighted by molar-refractivity contribution is 7.80. The lowest BCUT2D eigenvalue weighted by atomic mass is 10.1. The number of aromatic nitrogens is 1. The first-order valence-corrected chi connectivity index (χ1v) is 5.18. The van der Waals surface area contributed by atoms with Crippen molar-refractivity contribution < 1.29 is 9.21 Å². The SMILES string of the molecule is O=C1CC(CS)CN1Cc1cocn1. The summed E-state index contributed by atoms with van der Waals surface area (Å²) in [5.74, 6) is 1.34. The zero-order chi connectivity index (χ0) is 9.97. The van der Waals surface area contributed by atoms with E-state index >= 15 is 0 Å². The maximum atomic E-state index is 11.5. The van der Waals surface area contributed by atoms with Crippen LogP contribution in [-0.4, -0.2) is 28.1 Å². The number of hydrogen-bond acceptors (Lipinski definition) is 4. The van der Waals surface area contributed by atoms with Gasteiger partial charge in [-0.1, -0.05) is 0 Å². The Morgan fingerprint density at radius 2 is 2.57 bits per heavy atom. The van der Waals surface area contributed by atoms with Crippen molar-refractivity contribution >= 4 is 18.5 Å². The molecule has 1 unspecified atom stereocenters. The van der Waals surface area contributed by atoms with Crippen LogP contribution in [0.15, 0.2) is 17.1 Å². The average molecular weight is 212 g/mol. The second-order valence-corrected chi connectivity index (χ2v) is 3.87. The second kappa shape index (κ2) is 4.04. The molecule has 0 radical (unpaired) electrons. The quantitative estimate of drug-likeness (QED) is 0.759. The lowest BCUT2D eigenvalue weighted by molar-refractivity contribution is -0.128. The Balaban J connectivity index is 1.96. The molecule has 1 aliphatic heterocycles. The molecule has 14 heavy (non-hydrogen) atoms. The molecule has 4 nitrogen and oxygen atoms in total. The minimum atomic E-state index is 0.187. The highest BCUT2D eigenvalue weighted by Crippen LogP contribution is 2.20. The van der Waals surface area contributed by atoms with Crippen LogP contribution in [0.5, 0.6) is 0 Å². The van der Waals surface area contributed by atoms with Gasteiger partial charge in [0.05, 0.1) is 12.2 Å². The number of oxazole rings is 1. The van der Waals surface area contributed by atoms with Crippen LogP contribution in [0.3, 0.4) is 0 Å². The number of amides is 1. The van der Waals surface area contributed by atoms with Gasteiger partial charge in [0.1, 0.15) is 6.26 Å². The lowest BCUT2D eigenvalue weighted by Crippen LogP contribution is -2.24. The summed E-state index contributed by atoms with van der Waals surface area (Å²) in [6.45, 7) is 1.34. The summed E-state index contributed by atoms with van der Waals surface area (Å²) in [5.41, 5.74) is 0.804. The predicted octanol–water partition coefficient (Wildman–Crippen LogP) is 0.953. The van der Waals surface area contributed by atoms with E-state index in [1.807, 2.05) is 0 Å². The van der Waals surface area contributed by atoms with Gasteiger partial charge in [-0.2, -0.15) is 12.6 Å². The molecule has 1 saturated heterocycles. The number of nitrogens with zero attached hydrogens (tertiary/aromatic N) is 2. The molecule has 2 heterocycles. The second-order valence-electron chi connectivity index (χ2n) is 3.51. The van der Waals surface area contributed by atoms with Crippen LogP contribution in [0.25, 0.3) is 0 Å². The largest absolute Gasteiger partial charge is 0.451 e. The molecule has 1 atom stereocenters. The van der Waals surface area contributed by atoms with Gasteiger partial charge in [-0.15, -0.1) is 0 Å². The van der Waals surface area contributed by atoms with E-state index in [0.29, 0.717) is 18.9 Å². The van der Waals surface area contributed by atoms with E-state index in [-0.39, 0.29) is 5.91 Å². The molecule has 0 aliphatic carbocycles. The highest BCUT2D eigenvalue weighted by atomic mass is 32.1. The molecule has 1 amide bonds. The van der Waals surface area contributed by atoms with Crippen LogP contribution in [-0.2, 0) is 11.3 Å². The Morgan fingerprint density at radius 1 is 1.71 bits per heavy atom. The Morgan fingerprint density at radius 3 is 3.14 bits per heavy atom. The minimum absolute atomic E-state index is 0.187. The molecule has 0 aromatic carbocycles. The molecule has 0 N–H and O–H groups in total. The zero-order valence-electron chi connectivity index (χ0n) is 7.72. The van der Waals surface area contributed by atoms with E-state index in [1.54, 1.807) is 11.2 Å². The van der Waals surface area contributed by atoms with Gasteiger partial charge in [-0.25, -0.2) is 4.98 Å². The van der Waals surface area contributed by atoms with Gasteiger partial charge in [-0.05, 0) is 11.7 Å². The molecule has 76 valence electrons. The Labute approximate surface area is 87.7 Å². The first kappa shape index (κ1) is 9.58. The number of thiol groups is 1. The van der Waals surface area contributed by atoms with Crippen molar-refractivity contribution in [3.8, 4) is 0 Å². The maximum Gasteiger partial charge on any atom is 0.223 e. The molecule has 0 bridgehead atoms. The van der Waals surface area contributed by atoms with E-state index in [9.17, 15) is 4.79 Å². The summed E-state index contributed by atoms with van der Waals surface area (Å²) in [5, 5.41) is 0. The molecule has 1 aromatic rings. The van der Waals surface area contributed by atoms with Crippen LogP contribution >= 0.6 is 12.6 Å². The first-order valence-electron chi connectivity index (χ1n) is 4.55. The van der Waals surface area contributed by atoms with Crippen LogP contribution in [0.2, 0.25) is 0 Å². The molecule has 1 fully saturated rings. The van der Waals surface area contributed by atoms with Crippen molar-refractivity contribution in [1.29, 1.82) is 0 Å². The van der Waals surface area contributed by atoms with Gasteiger partial charge in [0.15, 0.2) is 6.39 Å². The van der Waals surface area contributed by atoms with Gasteiger partial charge in [0.2, 0.25) is 5.91 Å². The molecule has 1 aliphatic rings. The van der Waals surface area contributed by atoms with Crippen LogP contribution in [0.1, 0.15) is 12.1 Å². The fraction of sp³-hybridized carbons (Fsp3) is 0.556. The summed E-state index contributed by atoms with van der Waals surface area (Å²) in [6, 6.07) is 0. The lowest BCUT2D eigenvalue weighted by Gasteiger charge is -2.13. The third kappa shape index (κ3) is 1.92. The van der Waals surface area contributed by atoms with E-state index in [0.717, 1.165) is 18.0 Å². The van der Waals surface area contributed by atoms with Crippen molar-refractivity contribution in [2.45, 2.75) is 13.0 Å². The molecular formula is C9H12N2O2S. The first-order chi connectivity index (χ1) is 6.79. The number of likely N-dealkylation sites (tertiary alicyclic amines) is 1. The summed E-state index contributed by atoms with van der Waals surface area (Å²) >= 11 is 4.20. The Bertz CT molecular complexity index is 313. The standard InChI is InChI=1S/C9H12N2O2S/c12-9-1-7(5-14)2-11(9)3-8-4-13-6-10-8/h4,6-7,14H,1-3,5H2. The van der Waals surface area contributed by atoms with Gasteiger partial charge in [-0.3, -0.25) is 4.79 Å². The summed E-state index contributed by atoms with van der Waals surface area (Å²) in [6.07, 6.45) is 3.56. The van der Waals surface area contributed by atoms with E-state index < -0.39 is 0 Å². The van der Waals surface area contributed by atoms with Crippen LogP contribution < -0.4 is 0 Å². The van der Waals surface area contributed by atoms with Crippen molar-refractivity contribution in [1.82, 2.24) is 9.88 Å². The normalized spacial score (nSPS) is 21.9. The van der Waals surface area contributed by atoms with Gasteiger partial charge < -0.3 is 9.32 Å². The number of rotatable bonds is 3. The third-order valence-corrected chi connectivity index (χ3v) is 2.91. The van der Waals surface area contributed by atoms with E-state index in [1.165, 1.54) is 6.39 Å². The van der Waals surface area contributed by atoms with E-state index in [2.05, 4.69) is 17.6 Å². The monoisotopic (exact) mass is 212 g/mol. The fourth-order valence-electron chi connectivity index (χ4n) is 1.64. The van der Waals surface area contributed by atoms with Crippen molar-refractivity contribution in [3.63, 3.8) is 0 Å². The van der Waals surface area contributed by atoms with Crippen molar-refractivity contribution in [3.05, 3.63) is 18.4 Å². The van der Waals surface area contributed by atoms with Crippen molar-refractivity contribution in [2.24, 2.45) is 5.92 Å². The average Bonchev–Trinajstić information content (AvgIpc) is 2.78. The Kier molecular flexibility index (Phi) is 2.77.